The van der Waals surface area contributed by atoms with Crippen LogP contribution < -0.4 is 16.0 Å². The first-order valence-electron chi connectivity index (χ1n) is 6.76. The zero-order chi connectivity index (χ0) is 14.3. The van der Waals surface area contributed by atoms with Gasteiger partial charge >= 0.3 is 0 Å². The van der Waals surface area contributed by atoms with Crippen LogP contribution in [0.15, 0.2) is 24.3 Å². The van der Waals surface area contributed by atoms with Crippen LogP contribution in [-0.4, -0.2) is 19.3 Å². The van der Waals surface area contributed by atoms with Crippen molar-refractivity contribution in [1.82, 2.24) is 5.43 Å². The van der Waals surface area contributed by atoms with Gasteiger partial charge in [-0.1, -0.05) is 19.1 Å². The molecule has 1 atom stereocenters. The molecule has 1 aromatic carbocycles. The molecule has 0 spiro atoms. The molecule has 0 heterocycles. The number of hydrazine groups is 1. The first-order valence-corrected chi connectivity index (χ1v) is 6.76. The van der Waals surface area contributed by atoms with Crippen LogP contribution in [0.5, 0.6) is 5.75 Å². The first kappa shape index (κ1) is 16.0. The molecule has 108 valence electrons. The van der Waals surface area contributed by atoms with E-state index in [1.807, 2.05) is 24.3 Å². The fourth-order valence-electron chi connectivity index (χ4n) is 1.86. The molecule has 0 amide bonds. The largest absolute Gasteiger partial charge is 0.494 e. The van der Waals surface area contributed by atoms with E-state index in [0.717, 1.165) is 30.8 Å². The third-order valence-corrected chi connectivity index (χ3v) is 3.20. The molecule has 1 unspecified atom stereocenters. The topological polar surface area (TPSA) is 56.5 Å². The molecule has 0 aliphatic rings. The zero-order valence-electron chi connectivity index (χ0n) is 12.4. The van der Waals surface area contributed by atoms with Crippen molar-refractivity contribution in [3.63, 3.8) is 0 Å². The predicted molar refractivity (Wildman–Crippen MR) is 78.0 cm³/mol. The van der Waals surface area contributed by atoms with Crippen LogP contribution in [0.1, 0.15) is 45.2 Å². The van der Waals surface area contributed by atoms with E-state index in [2.05, 4.69) is 26.2 Å². The Morgan fingerprint density at radius 1 is 1.26 bits per heavy atom. The second-order valence-corrected chi connectivity index (χ2v) is 5.30. The lowest BCUT2D eigenvalue weighted by molar-refractivity contribution is 0.00681. The van der Waals surface area contributed by atoms with Gasteiger partial charge < -0.3 is 9.47 Å². The number of ether oxygens (including phenoxy) is 2. The van der Waals surface area contributed by atoms with Crippen molar-refractivity contribution in [3.8, 4) is 5.75 Å². The van der Waals surface area contributed by atoms with Gasteiger partial charge in [-0.05, 0) is 44.4 Å². The highest BCUT2D eigenvalue weighted by molar-refractivity contribution is 5.29. The van der Waals surface area contributed by atoms with Gasteiger partial charge in [0.1, 0.15) is 5.75 Å². The molecule has 4 heteroatoms. The standard InChI is InChI=1S/C15H26N2O2/c1-5-10-19-13-8-6-12(7-9-13)14(17-16)11-15(2,3)18-4/h6-9,14,17H,5,10-11,16H2,1-4H3. The lowest BCUT2D eigenvalue weighted by Gasteiger charge is -2.28. The molecule has 0 fully saturated rings. The van der Waals surface area contributed by atoms with Crippen molar-refractivity contribution in [3.05, 3.63) is 29.8 Å². The number of methoxy groups -OCH3 is 1. The Kier molecular flexibility index (Phi) is 6.28. The van der Waals surface area contributed by atoms with Crippen LogP contribution in [0.4, 0.5) is 0 Å². The van der Waals surface area contributed by atoms with Crippen LogP contribution in [0, 0.1) is 0 Å². The van der Waals surface area contributed by atoms with Gasteiger partial charge in [0.15, 0.2) is 0 Å². The Labute approximate surface area is 116 Å². The van der Waals surface area contributed by atoms with E-state index in [1.165, 1.54) is 0 Å². The summed E-state index contributed by atoms with van der Waals surface area (Å²) in [6, 6.07) is 8.11. The lowest BCUT2D eigenvalue weighted by atomic mass is 9.94. The van der Waals surface area contributed by atoms with Gasteiger partial charge in [0.05, 0.1) is 12.2 Å². The molecule has 0 radical (unpaired) electrons. The van der Waals surface area contributed by atoms with Gasteiger partial charge in [0.2, 0.25) is 0 Å². The van der Waals surface area contributed by atoms with Crippen LogP contribution in [-0.2, 0) is 4.74 Å². The molecule has 0 aliphatic carbocycles. The fourth-order valence-corrected chi connectivity index (χ4v) is 1.86. The Morgan fingerprint density at radius 3 is 2.37 bits per heavy atom. The average Bonchev–Trinajstić information content (AvgIpc) is 2.43. The summed E-state index contributed by atoms with van der Waals surface area (Å²) in [6.45, 7) is 6.94. The second kappa shape index (κ2) is 7.48. The highest BCUT2D eigenvalue weighted by atomic mass is 16.5. The van der Waals surface area contributed by atoms with Gasteiger partial charge in [-0.25, -0.2) is 0 Å². The highest BCUT2D eigenvalue weighted by Crippen LogP contribution is 2.26. The summed E-state index contributed by atoms with van der Waals surface area (Å²) in [6.07, 6.45) is 1.81. The van der Waals surface area contributed by atoms with Crippen molar-refractivity contribution in [2.24, 2.45) is 5.84 Å². The minimum atomic E-state index is -0.214. The number of benzene rings is 1. The van der Waals surface area contributed by atoms with Gasteiger partial charge in [-0.15, -0.1) is 0 Å². The minimum Gasteiger partial charge on any atom is -0.494 e. The fraction of sp³-hybridized carbons (Fsp3) is 0.600. The van der Waals surface area contributed by atoms with E-state index in [0.29, 0.717) is 0 Å². The maximum atomic E-state index is 5.65. The number of rotatable bonds is 8. The number of hydrogen-bond donors (Lipinski definition) is 2. The van der Waals surface area contributed by atoms with Crippen molar-refractivity contribution in [1.29, 1.82) is 0 Å². The average molecular weight is 266 g/mol. The van der Waals surface area contributed by atoms with E-state index in [1.54, 1.807) is 7.11 Å². The monoisotopic (exact) mass is 266 g/mol. The Balaban J connectivity index is 2.71. The summed E-state index contributed by atoms with van der Waals surface area (Å²) in [5, 5.41) is 0. The van der Waals surface area contributed by atoms with Crippen molar-refractivity contribution >= 4 is 0 Å². The maximum Gasteiger partial charge on any atom is 0.119 e. The van der Waals surface area contributed by atoms with E-state index in [9.17, 15) is 0 Å². The molecule has 3 N–H and O–H groups in total. The molecular formula is C15H26N2O2. The van der Waals surface area contributed by atoms with E-state index < -0.39 is 0 Å². The summed E-state index contributed by atoms with van der Waals surface area (Å²) in [4.78, 5) is 0. The Hall–Kier alpha value is -1.10. The molecule has 1 aromatic rings. The van der Waals surface area contributed by atoms with Crippen molar-refractivity contribution < 1.29 is 9.47 Å². The molecule has 0 aliphatic heterocycles. The predicted octanol–water partition coefficient (Wildman–Crippen LogP) is 2.79. The van der Waals surface area contributed by atoms with Crippen LogP contribution >= 0.6 is 0 Å². The van der Waals surface area contributed by atoms with Gasteiger partial charge in [0, 0.05) is 13.2 Å². The SMILES string of the molecule is CCCOc1ccc(C(CC(C)(C)OC)NN)cc1. The number of nitrogens with one attached hydrogen (secondary N) is 1. The Morgan fingerprint density at radius 2 is 1.89 bits per heavy atom. The van der Waals surface area contributed by atoms with Crippen molar-refractivity contribution in [2.45, 2.75) is 45.3 Å². The summed E-state index contributed by atoms with van der Waals surface area (Å²) in [5.41, 5.74) is 3.77. The summed E-state index contributed by atoms with van der Waals surface area (Å²) in [7, 11) is 1.72. The summed E-state index contributed by atoms with van der Waals surface area (Å²) >= 11 is 0. The zero-order valence-corrected chi connectivity index (χ0v) is 12.4. The van der Waals surface area contributed by atoms with Crippen LogP contribution in [0.2, 0.25) is 0 Å². The molecule has 0 bridgehead atoms. The molecule has 0 saturated carbocycles. The highest BCUT2D eigenvalue weighted by Gasteiger charge is 2.23. The van der Waals surface area contributed by atoms with Crippen molar-refractivity contribution in [2.75, 3.05) is 13.7 Å². The minimum absolute atomic E-state index is 0.0650. The number of nitrogens with two attached hydrogens (primary N) is 1. The van der Waals surface area contributed by atoms with E-state index in [4.69, 9.17) is 15.3 Å². The maximum absolute atomic E-state index is 5.65. The van der Waals surface area contributed by atoms with E-state index in [-0.39, 0.29) is 11.6 Å². The first-order chi connectivity index (χ1) is 9.02. The van der Waals surface area contributed by atoms with Gasteiger partial charge in [-0.2, -0.15) is 0 Å². The van der Waals surface area contributed by atoms with Crippen LogP contribution in [0.25, 0.3) is 0 Å². The Bertz CT molecular complexity index is 363. The van der Waals surface area contributed by atoms with E-state index >= 15 is 0 Å². The molecule has 4 nitrogen and oxygen atoms in total. The summed E-state index contributed by atoms with van der Waals surface area (Å²) in [5.74, 6) is 6.54. The van der Waals surface area contributed by atoms with Gasteiger partial charge in [-0.3, -0.25) is 11.3 Å². The number of hydrogen-bond acceptors (Lipinski definition) is 4. The quantitative estimate of drug-likeness (QED) is 0.561. The molecular weight excluding hydrogens is 240 g/mol. The second-order valence-electron chi connectivity index (χ2n) is 5.30. The normalized spacial score (nSPS) is 13.3. The smallest absolute Gasteiger partial charge is 0.119 e. The summed E-state index contributed by atoms with van der Waals surface area (Å²) < 4.78 is 11.0. The lowest BCUT2D eigenvalue weighted by Crippen LogP contribution is -2.35. The molecule has 0 aromatic heterocycles. The van der Waals surface area contributed by atoms with Gasteiger partial charge in [0.25, 0.3) is 0 Å². The third kappa shape index (κ3) is 5.19. The molecule has 0 saturated heterocycles. The molecule has 1 rings (SSSR count). The van der Waals surface area contributed by atoms with Crippen LogP contribution in [0.3, 0.4) is 0 Å². The molecule has 19 heavy (non-hydrogen) atoms. The third-order valence-electron chi connectivity index (χ3n) is 3.20.